The van der Waals surface area contributed by atoms with E-state index in [1.54, 1.807) is 42.7 Å². The van der Waals surface area contributed by atoms with Gasteiger partial charge in [-0.2, -0.15) is 4.98 Å². The highest BCUT2D eigenvalue weighted by Crippen LogP contribution is 2.21. The molecule has 0 fully saturated rings. The van der Waals surface area contributed by atoms with Crippen molar-refractivity contribution in [2.75, 3.05) is 5.32 Å². The Hall–Kier alpha value is -4.07. The van der Waals surface area contributed by atoms with E-state index in [1.165, 1.54) is 4.57 Å². The Morgan fingerprint density at radius 1 is 1.06 bits per heavy atom. The van der Waals surface area contributed by atoms with Crippen LogP contribution in [0.1, 0.15) is 23.7 Å². The fourth-order valence-electron chi connectivity index (χ4n) is 3.67. The first-order chi connectivity index (χ1) is 15.5. The summed E-state index contributed by atoms with van der Waals surface area (Å²) in [4.78, 5) is 46.7. The largest absolute Gasteiger partial charge is 0.352 e. The molecular formula is C24H23N5O3. The van der Waals surface area contributed by atoms with Crippen LogP contribution < -0.4 is 16.6 Å². The number of carbonyl (C=O) groups is 1. The highest BCUT2D eigenvalue weighted by Gasteiger charge is 2.19. The number of hydrogen-bond donors (Lipinski definition) is 1. The number of nitrogens with one attached hydrogen (secondary N) is 1. The summed E-state index contributed by atoms with van der Waals surface area (Å²) < 4.78 is 2.57. The topological polar surface area (TPSA) is 98.9 Å². The predicted molar refractivity (Wildman–Crippen MR) is 122 cm³/mol. The van der Waals surface area contributed by atoms with Gasteiger partial charge >= 0.3 is 5.69 Å². The molecule has 3 heterocycles. The molecule has 2 aliphatic rings. The van der Waals surface area contributed by atoms with Gasteiger partial charge in [-0.15, -0.1) is 0 Å². The number of nitrogens with zero attached hydrogens (tertiary/aromatic N) is 4. The van der Waals surface area contributed by atoms with E-state index in [0.717, 1.165) is 27.8 Å². The van der Waals surface area contributed by atoms with Crippen LogP contribution in [0, 0.1) is 6.92 Å². The SMILES string of the molecule is CCc1cccc(C)c1NC(=O)Cn1cccc2c(=O)n(Cc3ccccn3)c(=O)nc1-2. The molecule has 162 valence electrons. The first kappa shape index (κ1) is 21.2. The molecule has 0 unspecified atom stereocenters. The molecule has 8 nitrogen and oxygen atoms in total. The lowest BCUT2D eigenvalue weighted by molar-refractivity contribution is -0.116. The maximum atomic E-state index is 13.0. The highest BCUT2D eigenvalue weighted by atomic mass is 16.2. The van der Waals surface area contributed by atoms with E-state index >= 15 is 0 Å². The fourth-order valence-corrected chi connectivity index (χ4v) is 3.67. The number of amides is 1. The Morgan fingerprint density at radius 3 is 2.66 bits per heavy atom. The van der Waals surface area contributed by atoms with Gasteiger partial charge in [-0.05, 0) is 48.7 Å². The lowest BCUT2D eigenvalue weighted by Crippen LogP contribution is -2.38. The molecule has 0 aliphatic carbocycles. The zero-order valence-corrected chi connectivity index (χ0v) is 17.9. The number of hydrogen-bond acceptors (Lipinski definition) is 5. The number of benzene rings is 1. The van der Waals surface area contributed by atoms with Crippen LogP contribution in [0.2, 0.25) is 0 Å². The third-order valence-electron chi connectivity index (χ3n) is 5.31. The van der Waals surface area contributed by atoms with Gasteiger partial charge in [0.05, 0.1) is 17.8 Å². The smallest absolute Gasteiger partial charge is 0.324 e. The number of aromatic nitrogens is 4. The molecule has 0 spiro atoms. The number of carbonyl (C=O) groups excluding carboxylic acids is 1. The molecule has 0 saturated heterocycles. The summed E-state index contributed by atoms with van der Waals surface area (Å²) in [5.41, 5.74) is 2.50. The van der Waals surface area contributed by atoms with Gasteiger partial charge in [-0.3, -0.25) is 19.1 Å². The molecular weight excluding hydrogens is 406 g/mol. The van der Waals surface area contributed by atoms with E-state index in [9.17, 15) is 14.4 Å². The summed E-state index contributed by atoms with van der Waals surface area (Å²) in [7, 11) is 0. The molecule has 0 bridgehead atoms. The zero-order chi connectivity index (χ0) is 22.7. The Bertz CT molecular complexity index is 1360. The van der Waals surface area contributed by atoms with Crippen LogP contribution in [0.25, 0.3) is 11.4 Å². The van der Waals surface area contributed by atoms with E-state index < -0.39 is 11.2 Å². The molecule has 2 aromatic rings. The van der Waals surface area contributed by atoms with Crippen LogP contribution in [0.4, 0.5) is 5.69 Å². The van der Waals surface area contributed by atoms with Crippen LogP contribution in [-0.2, 0) is 24.3 Å². The lowest BCUT2D eigenvalue weighted by atomic mass is 10.1. The van der Waals surface area contributed by atoms with Gasteiger partial charge < -0.3 is 9.88 Å². The minimum Gasteiger partial charge on any atom is -0.324 e. The van der Waals surface area contributed by atoms with Crippen molar-refractivity contribution in [3.8, 4) is 11.4 Å². The summed E-state index contributed by atoms with van der Waals surface area (Å²) in [6.45, 7) is 3.92. The molecule has 0 saturated carbocycles. The third-order valence-corrected chi connectivity index (χ3v) is 5.31. The van der Waals surface area contributed by atoms with Crippen molar-refractivity contribution in [2.45, 2.75) is 33.4 Å². The van der Waals surface area contributed by atoms with Crippen molar-refractivity contribution >= 4 is 11.6 Å². The van der Waals surface area contributed by atoms with E-state index in [4.69, 9.17) is 0 Å². The Balaban J connectivity index is 1.65. The van der Waals surface area contributed by atoms with E-state index in [-0.39, 0.29) is 30.4 Å². The second-order valence-electron chi connectivity index (χ2n) is 7.49. The second-order valence-corrected chi connectivity index (χ2v) is 7.49. The zero-order valence-electron chi connectivity index (χ0n) is 17.9. The maximum absolute atomic E-state index is 13.0. The summed E-state index contributed by atoms with van der Waals surface area (Å²) in [5.74, 6) is -0.0890. The van der Waals surface area contributed by atoms with Crippen molar-refractivity contribution in [1.29, 1.82) is 0 Å². The second kappa shape index (κ2) is 8.97. The molecule has 8 heteroatoms. The minimum absolute atomic E-state index is 0.0317. The van der Waals surface area contributed by atoms with E-state index in [1.807, 2.05) is 32.0 Å². The molecule has 32 heavy (non-hydrogen) atoms. The molecule has 0 radical (unpaired) electrons. The van der Waals surface area contributed by atoms with E-state index in [0.29, 0.717) is 5.69 Å². The number of rotatable bonds is 6. The van der Waals surface area contributed by atoms with Crippen molar-refractivity contribution in [1.82, 2.24) is 19.1 Å². The summed E-state index contributed by atoms with van der Waals surface area (Å²) in [5, 5.41) is 2.96. The quantitative estimate of drug-likeness (QED) is 0.508. The normalized spacial score (nSPS) is 10.9. The van der Waals surface area contributed by atoms with Crippen LogP contribution in [-0.4, -0.2) is 25.0 Å². The number of anilines is 1. The maximum Gasteiger partial charge on any atom is 0.352 e. The molecule has 1 amide bonds. The van der Waals surface area contributed by atoms with Crippen LogP contribution in [0.15, 0.2) is 70.5 Å². The standard InChI is InChI=1S/C24H23N5O3/c1-3-17-9-6-8-16(2)21(17)26-20(30)15-28-13-7-11-19-22(28)27-24(32)29(23(19)31)14-18-10-4-5-12-25-18/h4-13H,3,14-15H2,1-2H3,(H,26,30). The lowest BCUT2D eigenvalue weighted by Gasteiger charge is -2.16. The Labute approximate surface area is 184 Å². The summed E-state index contributed by atoms with van der Waals surface area (Å²) in [6.07, 6.45) is 4.02. The first-order valence-electron chi connectivity index (χ1n) is 10.4. The van der Waals surface area contributed by atoms with Crippen molar-refractivity contribution in [3.05, 3.63) is 98.6 Å². The van der Waals surface area contributed by atoms with Gasteiger partial charge in [0.2, 0.25) is 5.91 Å². The van der Waals surface area contributed by atoms with Gasteiger partial charge in [0.1, 0.15) is 6.54 Å². The molecule has 0 atom stereocenters. The predicted octanol–water partition coefficient (Wildman–Crippen LogP) is 2.46. The third kappa shape index (κ3) is 4.20. The summed E-state index contributed by atoms with van der Waals surface area (Å²) >= 11 is 0. The van der Waals surface area contributed by atoms with E-state index in [2.05, 4.69) is 15.3 Å². The van der Waals surface area contributed by atoms with Gasteiger partial charge in [-0.25, -0.2) is 4.79 Å². The van der Waals surface area contributed by atoms with Crippen molar-refractivity contribution in [2.24, 2.45) is 0 Å². The van der Waals surface area contributed by atoms with Crippen molar-refractivity contribution in [3.63, 3.8) is 0 Å². The number of aryl methyl sites for hydroxylation is 2. The monoisotopic (exact) mass is 429 g/mol. The van der Waals surface area contributed by atoms with Gasteiger partial charge in [0.25, 0.3) is 5.56 Å². The van der Waals surface area contributed by atoms with Crippen LogP contribution in [0.3, 0.4) is 0 Å². The number of para-hydroxylation sites is 1. The average molecular weight is 429 g/mol. The average Bonchev–Trinajstić information content (AvgIpc) is 2.79. The summed E-state index contributed by atoms with van der Waals surface area (Å²) in [6, 6.07) is 14.4. The fraction of sp³-hybridized carbons (Fsp3) is 0.208. The van der Waals surface area contributed by atoms with Crippen LogP contribution >= 0.6 is 0 Å². The molecule has 4 rings (SSSR count). The minimum atomic E-state index is -0.680. The van der Waals surface area contributed by atoms with Gasteiger partial charge in [0, 0.05) is 18.1 Å². The number of fused-ring (bicyclic) bond motifs is 1. The van der Waals surface area contributed by atoms with Crippen LogP contribution in [0.5, 0.6) is 0 Å². The number of pyridine rings is 2. The Kier molecular flexibility index (Phi) is 5.93. The molecule has 2 aliphatic heterocycles. The van der Waals surface area contributed by atoms with Gasteiger partial charge in [-0.1, -0.05) is 31.2 Å². The Morgan fingerprint density at radius 2 is 1.91 bits per heavy atom. The highest BCUT2D eigenvalue weighted by molar-refractivity contribution is 5.92. The molecule has 1 N–H and O–H groups in total. The van der Waals surface area contributed by atoms with Crippen molar-refractivity contribution < 1.29 is 4.79 Å². The molecule has 1 aromatic carbocycles. The molecule has 1 aromatic heterocycles. The first-order valence-corrected chi connectivity index (χ1v) is 10.4. The van der Waals surface area contributed by atoms with Gasteiger partial charge in [0.15, 0.2) is 5.82 Å².